The summed E-state index contributed by atoms with van der Waals surface area (Å²) in [7, 11) is 0. The second kappa shape index (κ2) is 6.61. The summed E-state index contributed by atoms with van der Waals surface area (Å²) in [5, 5.41) is 0. The standard InChI is InChI=1S/C20H22N2/c1-3-16(2)15-22-19-12-8-7-11-18(19)21-20(22)14-13-17-9-5-4-6-10-17/h4-14,16H,3,15H2,1-2H3/b14-13+. The number of fused-ring (bicyclic) bond motifs is 1. The van der Waals surface area contributed by atoms with Crippen molar-refractivity contribution in [1.82, 2.24) is 9.55 Å². The molecule has 1 atom stereocenters. The molecular formula is C20H22N2. The predicted octanol–water partition coefficient (Wildman–Crippen LogP) is 5.25. The molecule has 3 rings (SSSR count). The topological polar surface area (TPSA) is 17.8 Å². The van der Waals surface area contributed by atoms with Crippen molar-refractivity contribution in [3.8, 4) is 0 Å². The molecular weight excluding hydrogens is 268 g/mol. The molecule has 0 aliphatic rings. The van der Waals surface area contributed by atoms with E-state index in [1.807, 2.05) is 12.1 Å². The zero-order valence-electron chi connectivity index (χ0n) is 13.2. The summed E-state index contributed by atoms with van der Waals surface area (Å²) in [6.45, 7) is 5.54. The average molecular weight is 290 g/mol. The van der Waals surface area contributed by atoms with Crippen LogP contribution in [-0.4, -0.2) is 9.55 Å². The molecule has 1 unspecified atom stereocenters. The lowest BCUT2D eigenvalue weighted by atomic mass is 10.1. The fourth-order valence-electron chi connectivity index (χ4n) is 2.59. The second-order valence-electron chi connectivity index (χ2n) is 5.83. The monoisotopic (exact) mass is 290 g/mol. The van der Waals surface area contributed by atoms with E-state index in [1.54, 1.807) is 0 Å². The van der Waals surface area contributed by atoms with Crippen molar-refractivity contribution in [3.05, 3.63) is 66.0 Å². The van der Waals surface area contributed by atoms with Crippen LogP contribution in [0.2, 0.25) is 0 Å². The molecule has 0 radical (unpaired) electrons. The molecule has 22 heavy (non-hydrogen) atoms. The Morgan fingerprint density at radius 3 is 2.50 bits per heavy atom. The van der Waals surface area contributed by atoms with E-state index in [2.05, 4.69) is 73.0 Å². The zero-order chi connectivity index (χ0) is 15.4. The molecule has 0 spiro atoms. The number of para-hydroxylation sites is 2. The third-order valence-corrected chi connectivity index (χ3v) is 4.10. The van der Waals surface area contributed by atoms with Gasteiger partial charge < -0.3 is 4.57 Å². The van der Waals surface area contributed by atoms with Crippen molar-refractivity contribution < 1.29 is 0 Å². The SMILES string of the molecule is CCC(C)Cn1c(/C=C/c2ccccc2)nc2ccccc21. The number of hydrogen-bond donors (Lipinski definition) is 0. The van der Waals surface area contributed by atoms with E-state index in [0.29, 0.717) is 5.92 Å². The van der Waals surface area contributed by atoms with E-state index < -0.39 is 0 Å². The molecule has 2 heteroatoms. The van der Waals surface area contributed by atoms with E-state index in [1.165, 1.54) is 17.5 Å². The maximum atomic E-state index is 4.79. The van der Waals surface area contributed by atoms with Crippen LogP contribution in [0.3, 0.4) is 0 Å². The number of nitrogens with zero attached hydrogens (tertiary/aromatic N) is 2. The fraction of sp³-hybridized carbons (Fsp3) is 0.250. The number of aromatic nitrogens is 2. The third-order valence-electron chi connectivity index (χ3n) is 4.10. The molecule has 1 aromatic heterocycles. The van der Waals surface area contributed by atoms with Gasteiger partial charge in [-0.2, -0.15) is 0 Å². The Kier molecular flexibility index (Phi) is 4.38. The number of imidazole rings is 1. The van der Waals surface area contributed by atoms with Gasteiger partial charge in [0.2, 0.25) is 0 Å². The molecule has 0 saturated heterocycles. The van der Waals surface area contributed by atoms with Gasteiger partial charge >= 0.3 is 0 Å². The lowest BCUT2D eigenvalue weighted by Crippen LogP contribution is -2.08. The molecule has 112 valence electrons. The van der Waals surface area contributed by atoms with Crippen LogP contribution in [-0.2, 0) is 6.54 Å². The smallest absolute Gasteiger partial charge is 0.133 e. The molecule has 1 heterocycles. The Labute approximate surface area is 132 Å². The first kappa shape index (κ1) is 14.6. The minimum atomic E-state index is 0.640. The van der Waals surface area contributed by atoms with Gasteiger partial charge in [0.05, 0.1) is 11.0 Å². The molecule has 0 N–H and O–H groups in total. The molecule has 0 amide bonds. The van der Waals surface area contributed by atoms with Crippen molar-refractivity contribution in [2.75, 3.05) is 0 Å². The van der Waals surface area contributed by atoms with Gasteiger partial charge in [-0.15, -0.1) is 0 Å². The lowest BCUT2D eigenvalue weighted by molar-refractivity contribution is 0.474. The van der Waals surface area contributed by atoms with Crippen LogP contribution in [0.15, 0.2) is 54.6 Å². The minimum Gasteiger partial charge on any atom is -0.324 e. The van der Waals surface area contributed by atoms with Crippen molar-refractivity contribution in [2.45, 2.75) is 26.8 Å². The summed E-state index contributed by atoms with van der Waals surface area (Å²) in [5.41, 5.74) is 3.48. The van der Waals surface area contributed by atoms with E-state index >= 15 is 0 Å². The van der Waals surface area contributed by atoms with Crippen LogP contribution < -0.4 is 0 Å². The Bertz CT molecular complexity index is 769. The molecule has 0 bridgehead atoms. The summed E-state index contributed by atoms with van der Waals surface area (Å²) in [5.74, 6) is 1.67. The van der Waals surface area contributed by atoms with Gasteiger partial charge in [0, 0.05) is 6.54 Å². The molecule has 0 saturated carbocycles. The summed E-state index contributed by atoms with van der Waals surface area (Å²) < 4.78 is 2.34. The molecule has 2 aromatic carbocycles. The highest BCUT2D eigenvalue weighted by Crippen LogP contribution is 2.20. The maximum Gasteiger partial charge on any atom is 0.133 e. The summed E-state index contributed by atoms with van der Waals surface area (Å²) >= 11 is 0. The van der Waals surface area contributed by atoms with Crippen molar-refractivity contribution in [2.24, 2.45) is 5.92 Å². The largest absolute Gasteiger partial charge is 0.324 e. The van der Waals surface area contributed by atoms with Gasteiger partial charge in [-0.1, -0.05) is 68.8 Å². The number of hydrogen-bond acceptors (Lipinski definition) is 1. The Morgan fingerprint density at radius 1 is 1.00 bits per heavy atom. The highest BCUT2D eigenvalue weighted by molar-refractivity contribution is 5.79. The van der Waals surface area contributed by atoms with Gasteiger partial charge in [-0.25, -0.2) is 4.98 Å². The van der Waals surface area contributed by atoms with Crippen molar-refractivity contribution in [3.63, 3.8) is 0 Å². The van der Waals surface area contributed by atoms with Gasteiger partial charge in [-0.05, 0) is 29.7 Å². The lowest BCUT2D eigenvalue weighted by Gasteiger charge is -2.12. The third kappa shape index (κ3) is 3.11. The van der Waals surface area contributed by atoms with E-state index in [-0.39, 0.29) is 0 Å². The van der Waals surface area contributed by atoms with Gasteiger partial charge in [-0.3, -0.25) is 0 Å². The van der Waals surface area contributed by atoms with E-state index in [9.17, 15) is 0 Å². The van der Waals surface area contributed by atoms with Crippen LogP contribution in [0.4, 0.5) is 0 Å². The van der Waals surface area contributed by atoms with Crippen molar-refractivity contribution in [1.29, 1.82) is 0 Å². The predicted molar refractivity (Wildman–Crippen MR) is 94.6 cm³/mol. The first-order valence-corrected chi connectivity index (χ1v) is 7.96. The minimum absolute atomic E-state index is 0.640. The van der Waals surface area contributed by atoms with Crippen LogP contribution in [0.1, 0.15) is 31.7 Å². The normalized spacial score (nSPS) is 13.0. The quantitative estimate of drug-likeness (QED) is 0.627. The highest BCUT2D eigenvalue weighted by atomic mass is 15.1. The molecule has 2 nitrogen and oxygen atoms in total. The Morgan fingerprint density at radius 2 is 1.73 bits per heavy atom. The van der Waals surface area contributed by atoms with Gasteiger partial charge in [0.1, 0.15) is 5.82 Å². The summed E-state index contributed by atoms with van der Waals surface area (Å²) in [4.78, 5) is 4.79. The van der Waals surface area contributed by atoms with Crippen LogP contribution in [0, 0.1) is 5.92 Å². The highest BCUT2D eigenvalue weighted by Gasteiger charge is 2.10. The number of benzene rings is 2. The first-order valence-electron chi connectivity index (χ1n) is 7.96. The molecule has 0 aliphatic heterocycles. The zero-order valence-corrected chi connectivity index (χ0v) is 13.2. The average Bonchev–Trinajstić information content (AvgIpc) is 2.91. The van der Waals surface area contributed by atoms with E-state index in [0.717, 1.165) is 17.9 Å². The molecule has 0 aliphatic carbocycles. The van der Waals surface area contributed by atoms with Gasteiger partial charge in [0.25, 0.3) is 0 Å². The second-order valence-corrected chi connectivity index (χ2v) is 5.83. The van der Waals surface area contributed by atoms with E-state index in [4.69, 9.17) is 4.98 Å². The van der Waals surface area contributed by atoms with Crippen LogP contribution in [0.5, 0.6) is 0 Å². The molecule has 3 aromatic rings. The van der Waals surface area contributed by atoms with Crippen LogP contribution >= 0.6 is 0 Å². The maximum absolute atomic E-state index is 4.79. The Hall–Kier alpha value is -2.35. The first-order chi connectivity index (χ1) is 10.8. The molecule has 0 fully saturated rings. The van der Waals surface area contributed by atoms with Gasteiger partial charge in [0.15, 0.2) is 0 Å². The summed E-state index contributed by atoms with van der Waals surface area (Å²) in [6.07, 6.45) is 5.43. The Balaban J connectivity index is 2.00. The van der Waals surface area contributed by atoms with Crippen molar-refractivity contribution >= 4 is 23.2 Å². The summed E-state index contributed by atoms with van der Waals surface area (Å²) in [6, 6.07) is 18.7. The number of rotatable bonds is 5. The van der Waals surface area contributed by atoms with Crippen LogP contribution in [0.25, 0.3) is 23.2 Å². The fourth-order valence-corrected chi connectivity index (χ4v) is 2.59.